The van der Waals surface area contributed by atoms with Crippen LogP contribution in [-0.2, 0) is 19.1 Å². The molecule has 36 heavy (non-hydrogen) atoms. The van der Waals surface area contributed by atoms with E-state index in [0.29, 0.717) is 0 Å². The lowest BCUT2D eigenvalue weighted by Crippen LogP contribution is -2.40. The van der Waals surface area contributed by atoms with Gasteiger partial charge >= 0.3 is 25.2 Å². The van der Waals surface area contributed by atoms with Gasteiger partial charge in [0.15, 0.2) is 23.9 Å². The monoisotopic (exact) mass is 514 g/mol. The van der Waals surface area contributed by atoms with Crippen molar-refractivity contribution < 1.29 is 55.7 Å². The van der Waals surface area contributed by atoms with Crippen molar-refractivity contribution in [1.82, 2.24) is 0 Å². The molecule has 2 rings (SSSR count). The highest BCUT2D eigenvalue weighted by atomic mass is 19.3. The van der Waals surface area contributed by atoms with Gasteiger partial charge in [0.2, 0.25) is 5.78 Å². The average molecular weight is 514 g/mol. The van der Waals surface area contributed by atoms with E-state index >= 15 is 0 Å². The zero-order valence-electron chi connectivity index (χ0n) is 19.3. The first kappa shape index (κ1) is 28.3. The van der Waals surface area contributed by atoms with Crippen LogP contribution < -0.4 is 9.47 Å². The van der Waals surface area contributed by atoms with Crippen LogP contribution in [0.1, 0.15) is 41.5 Å². The molecule has 0 aromatic heterocycles. The Morgan fingerprint density at radius 3 is 1.64 bits per heavy atom. The third-order valence-electron chi connectivity index (χ3n) is 4.77. The Morgan fingerprint density at radius 2 is 1.19 bits per heavy atom. The highest BCUT2D eigenvalue weighted by molar-refractivity contribution is 6.04. The standard InChI is InChI=1S/C24H22F4O8/c1-13(19(30)15-6-10-17(11-7-15)36-23(27)28)34-21(32)24(2,3)20(31)33-12-18(29)14-4-8-16(9-5-14)35-22(25)26/h4-11,13,22-23H,12H2,1-3H3. The van der Waals surface area contributed by atoms with Crippen LogP contribution in [0.3, 0.4) is 0 Å². The molecule has 0 radical (unpaired) electrons. The Balaban J connectivity index is 1.92. The lowest BCUT2D eigenvalue weighted by molar-refractivity contribution is -0.170. The molecule has 1 unspecified atom stereocenters. The molecule has 0 amide bonds. The van der Waals surface area contributed by atoms with Crippen LogP contribution in [0.4, 0.5) is 17.6 Å². The average Bonchev–Trinajstić information content (AvgIpc) is 2.81. The van der Waals surface area contributed by atoms with Crippen LogP contribution in [-0.4, -0.2) is 49.4 Å². The first-order valence-electron chi connectivity index (χ1n) is 10.4. The quantitative estimate of drug-likeness (QED) is 0.177. The molecule has 2 aromatic carbocycles. The molecule has 0 saturated carbocycles. The molecule has 0 fully saturated rings. The maximum atomic E-state index is 12.5. The Hall–Kier alpha value is -3.96. The van der Waals surface area contributed by atoms with Crippen molar-refractivity contribution in [3.8, 4) is 11.5 Å². The number of ketones is 2. The fourth-order valence-electron chi connectivity index (χ4n) is 2.70. The molecule has 0 bridgehead atoms. The van der Waals surface area contributed by atoms with Gasteiger partial charge in [-0.1, -0.05) is 0 Å². The normalized spacial score (nSPS) is 12.1. The molecule has 1 atom stereocenters. The lowest BCUT2D eigenvalue weighted by Gasteiger charge is -2.23. The van der Waals surface area contributed by atoms with Crippen LogP contribution in [0.25, 0.3) is 0 Å². The number of halogens is 4. The highest BCUT2D eigenvalue weighted by Gasteiger charge is 2.41. The third kappa shape index (κ3) is 7.79. The molecule has 2 aromatic rings. The largest absolute Gasteiger partial charge is 0.456 e. The number of carbonyl (C=O) groups excluding carboxylic acids is 4. The van der Waals surface area contributed by atoms with Crippen molar-refractivity contribution in [2.75, 3.05) is 6.61 Å². The third-order valence-corrected chi connectivity index (χ3v) is 4.77. The molecule has 8 nitrogen and oxygen atoms in total. The maximum Gasteiger partial charge on any atom is 0.387 e. The second kappa shape index (κ2) is 12.1. The van der Waals surface area contributed by atoms with Crippen LogP contribution in [0, 0.1) is 5.41 Å². The minimum atomic E-state index is -3.03. The van der Waals surface area contributed by atoms with Crippen molar-refractivity contribution in [3.05, 3.63) is 59.7 Å². The summed E-state index contributed by atoms with van der Waals surface area (Å²) in [5.41, 5.74) is -1.79. The highest BCUT2D eigenvalue weighted by Crippen LogP contribution is 2.23. The summed E-state index contributed by atoms with van der Waals surface area (Å²) in [6.45, 7) is -3.20. The van der Waals surface area contributed by atoms with Gasteiger partial charge in [0.1, 0.15) is 11.5 Å². The number of rotatable bonds is 12. The number of alkyl halides is 4. The number of benzene rings is 2. The summed E-state index contributed by atoms with van der Waals surface area (Å²) in [6.07, 6.45) is -1.33. The molecule has 194 valence electrons. The van der Waals surface area contributed by atoms with Crippen molar-refractivity contribution in [1.29, 1.82) is 0 Å². The Labute approximate surface area is 203 Å². The fraction of sp³-hybridized carbons (Fsp3) is 0.333. The number of carbonyl (C=O) groups is 4. The Kier molecular flexibility index (Phi) is 9.53. The van der Waals surface area contributed by atoms with E-state index < -0.39 is 54.9 Å². The minimum absolute atomic E-state index is 0.0489. The first-order chi connectivity index (χ1) is 16.8. The number of hydrogen-bond donors (Lipinski definition) is 0. The van der Waals surface area contributed by atoms with E-state index in [4.69, 9.17) is 9.47 Å². The maximum absolute atomic E-state index is 12.5. The van der Waals surface area contributed by atoms with Crippen molar-refractivity contribution >= 4 is 23.5 Å². The van der Waals surface area contributed by atoms with Crippen LogP contribution >= 0.6 is 0 Å². The minimum Gasteiger partial charge on any atom is -0.456 e. The molecule has 0 heterocycles. The summed E-state index contributed by atoms with van der Waals surface area (Å²) in [4.78, 5) is 49.7. The van der Waals surface area contributed by atoms with Gasteiger partial charge in [0, 0.05) is 11.1 Å². The van der Waals surface area contributed by atoms with Crippen molar-refractivity contribution in [2.24, 2.45) is 5.41 Å². The van der Waals surface area contributed by atoms with Gasteiger partial charge in [-0.25, -0.2) is 0 Å². The van der Waals surface area contributed by atoms with Crippen LogP contribution in [0.15, 0.2) is 48.5 Å². The first-order valence-corrected chi connectivity index (χ1v) is 10.4. The molecular formula is C24H22F4O8. The Bertz CT molecular complexity index is 1080. The SMILES string of the molecule is CC(OC(=O)C(C)(C)C(=O)OCC(=O)c1ccc(OC(F)F)cc1)C(=O)c1ccc(OC(F)F)cc1. The van der Waals surface area contributed by atoms with E-state index in [1.807, 2.05) is 0 Å². The zero-order valence-corrected chi connectivity index (χ0v) is 19.3. The van der Waals surface area contributed by atoms with Crippen molar-refractivity contribution in [3.63, 3.8) is 0 Å². The van der Waals surface area contributed by atoms with Gasteiger partial charge in [0.05, 0.1) is 0 Å². The summed E-state index contributed by atoms with van der Waals surface area (Å²) in [5, 5.41) is 0. The molecular weight excluding hydrogens is 492 g/mol. The molecule has 0 spiro atoms. The summed E-state index contributed by atoms with van der Waals surface area (Å²) in [5.74, 6) is -3.87. The van der Waals surface area contributed by atoms with E-state index in [2.05, 4.69) is 9.47 Å². The van der Waals surface area contributed by atoms with E-state index in [9.17, 15) is 36.7 Å². The van der Waals surface area contributed by atoms with Gasteiger partial charge < -0.3 is 18.9 Å². The topological polar surface area (TPSA) is 105 Å². The molecule has 0 aliphatic rings. The lowest BCUT2D eigenvalue weighted by atomic mass is 9.94. The smallest absolute Gasteiger partial charge is 0.387 e. The fourth-order valence-corrected chi connectivity index (χ4v) is 2.70. The van der Waals surface area contributed by atoms with E-state index in [0.717, 1.165) is 24.3 Å². The predicted octanol–water partition coefficient (Wildman–Crippen LogP) is 4.46. The summed E-state index contributed by atoms with van der Waals surface area (Å²) in [6, 6.07) is 9.39. The van der Waals surface area contributed by atoms with E-state index in [1.165, 1.54) is 45.0 Å². The number of hydrogen-bond acceptors (Lipinski definition) is 8. The number of Topliss-reactive ketones (excluding diaryl/α,β-unsaturated/α-hetero) is 2. The Morgan fingerprint density at radius 1 is 0.750 bits per heavy atom. The number of ether oxygens (including phenoxy) is 4. The molecule has 0 aliphatic heterocycles. The molecule has 0 saturated heterocycles. The van der Waals surface area contributed by atoms with E-state index in [1.54, 1.807) is 0 Å². The second-order valence-electron chi connectivity index (χ2n) is 7.84. The van der Waals surface area contributed by atoms with Crippen LogP contribution in [0.5, 0.6) is 11.5 Å². The van der Waals surface area contributed by atoms with Gasteiger partial charge in [-0.05, 0) is 69.3 Å². The summed E-state index contributed by atoms with van der Waals surface area (Å²) < 4.78 is 67.2. The second-order valence-corrected chi connectivity index (χ2v) is 7.84. The van der Waals surface area contributed by atoms with Crippen molar-refractivity contribution in [2.45, 2.75) is 40.1 Å². The zero-order chi connectivity index (χ0) is 27.0. The molecule has 12 heteroatoms. The summed E-state index contributed by atoms with van der Waals surface area (Å²) >= 11 is 0. The summed E-state index contributed by atoms with van der Waals surface area (Å²) in [7, 11) is 0. The molecule has 0 N–H and O–H groups in total. The van der Waals surface area contributed by atoms with Crippen LogP contribution in [0.2, 0.25) is 0 Å². The van der Waals surface area contributed by atoms with Gasteiger partial charge in [0.25, 0.3) is 0 Å². The number of esters is 2. The van der Waals surface area contributed by atoms with Gasteiger partial charge in [-0.15, -0.1) is 0 Å². The molecule has 0 aliphatic carbocycles. The van der Waals surface area contributed by atoms with Gasteiger partial charge in [-0.2, -0.15) is 17.6 Å². The van der Waals surface area contributed by atoms with Gasteiger partial charge in [-0.3, -0.25) is 19.2 Å². The predicted molar refractivity (Wildman–Crippen MR) is 115 cm³/mol. The van der Waals surface area contributed by atoms with E-state index in [-0.39, 0.29) is 22.6 Å².